The number of ether oxygens (including phenoxy) is 1. The molecule has 0 bridgehead atoms. The van der Waals surface area contributed by atoms with E-state index in [4.69, 9.17) is 4.74 Å². The highest BCUT2D eigenvalue weighted by atomic mass is 19.1. The first-order valence-electron chi connectivity index (χ1n) is 8.16. The molecular weight excluding hydrogens is 333 g/mol. The van der Waals surface area contributed by atoms with Crippen molar-refractivity contribution < 1.29 is 13.9 Å². The van der Waals surface area contributed by atoms with Gasteiger partial charge in [-0.05, 0) is 55.5 Å². The van der Waals surface area contributed by atoms with Gasteiger partial charge in [-0.1, -0.05) is 6.07 Å². The van der Waals surface area contributed by atoms with Gasteiger partial charge >= 0.3 is 0 Å². The van der Waals surface area contributed by atoms with Gasteiger partial charge in [0.15, 0.2) is 0 Å². The third kappa shape index (κ3) is 4.57. The van der Waals surface area contributed by atoms with Crippen LogP contribution in [0.3, 0.4) is 0 Å². The highest BCUT2D eigenvalue weighted by Gasteiger charge is 2.08. The second kappa shape index (κ2) is 8.11. The fraction of sp³-hybridized carbons (Fsp3) is 0.100. The van der Waals surface area contributed by atoms with E-state index >= 15 is 0 Å². The number of hydrogen-bond donors (Lipinski definition) is 2. The molecule has 6 heteroatoms. The molecule has 0 aliphatic heterocycles. The number of pyridine rings is 1. The zero-order valence-corrected chi connectivity index (χ0v) is 14.2. The number of carbonyl (C=O) groups is 1. The Morgan fingerprint density at radius 3 is 2.58 bits per heavy atom. The lowest BCUT2D eigenvalue weighted by atomic mass is 10.2. The second-order valence-corrected chi connectivity index (χ2v) is 5.51. The molecule has 0 aliphatic rings. The Bertz CT molecular complexity index is 898. The molecule has 1 heterocycles. The number of nitrogens with zero attached hydrogens (tertiary/aromatic N) is 1. The summed E-state index contributed by atoms with van der Waals surface area (Å²) >= 11 is 0. The normalized spacial score (nSPS) is 10.2. The highest BCUT2D eigenvalue weighted by Crippen LogP contribution is 2.19. The number of carbonyl (C=O) groups excluding carboxylic acids is 1. The second-order valence-electron chi connectivity index (χ2n) is 5.51. The molecule has 1 aromatic heterocycles. The summed E-state index contributed by atoms with van der Waals surface area (Å²) in [5.74, 6) is 0.116. The van der Waals surface area contributed by atoms with E-state index in [1.807, 2.05) is 6.92 Å². The Morgan fingerprint density at radius 1 is 1.04 bits per heavy atom. The van der Waals surface area contributed by atoms with Gasteiger partial charge in [-0.25, -0.2) is 4.39 Å². The van der Waals surface area contributed by atoms with E-state index in [0.29, 0.717) is 29.2 Å². The van der Waals surface area contributed by atoms with E-state index in [9.17, 15) is 9.18 Å². The maximum Gasteiger partial charge on any atom is 0.257 e. The van der Waals surface area contributed by atoms with Gasteiger partial charge in [-0.2, -0.15) is 0 Å². The molecule has 0 spiro atoms. The number of benzene rings is 2. The zero-order chi connectivity index (χ0) is 18.4. The van der Waals surface area contributed by atoms with Crippen LogP contribution in [-0.4, -0.2) is 17.5 Å². The molecule has 0 unspecified atom stereocenters. The molecule has 0 saturated heterocycles. The minimum absolute atomic E-state index is 0.287. The first-order chi connectivity index (χ1) is 12.6. The molecule has 1 amide bonds. The molecule has 2 aromatic carbocycles. The monoisotopic (exact) mass is 351 g/mol. The molecule has 0 saturated carbocycles. The van der Waals surface area contributed by atoms with Crippen LogP contribution < -0.4 is 15.4 Å². The number of aromatic nitrogens is 1. The summed E-state index contributed by atoms with van der Waals surface area (Å²) in [6, 6.07) is 14.8. The van der Waals surface area contributed by atoms with Crippen molar-refractivity contribution in [3.8, 4) is 5.75 Å². The van der Waals surface area contributed by atoms with Crippen molar-refractivity contribution in [3.63, 3.8) is 0 Å². The van der Waals surface area contributed by atoms with Crippen LogP contribution in [0, 0.1) is 5.82 Å². The molecule has 0 aliphatic carbocycles. The third-order valence-corrected chi connectivity index (χ3v) is 3.54. The van der Waals surface area contributed by atoms with Gasteiger partial charge in [0, 0.05) is 17.6 Å². The first-order valence-corrected chi connectivity index (χ1v) is 8.16. The van der Waals surface area contributed by atoms with Crippen molar-refractivity contribution >= 4 is 23.0 Å². The quantitative estimate of drug-likeness (QED) is 0.680. The predicted molar refractivity (Wildman–Crippen MR) is 99.5 cm³/mol. The van der Waals surface area contributed by atoms with E-state index in [1.54, 1.807) is 48.7 Å². The molecule has 0 atom stereocenters. The number of amides is 1. The van der Waals surface area contributed by atoms with Crippen LogP contribution >= 0.6 is 0 Å². The van der Waals surface area contributed by atoms with Crippen molar-refractivity contribution in [1.82, 2.24) is 4.98 Å². The van der Waals surface area contributed by atoms with E-state index in [2.05, 4.69) is 15.6 Å². The fourth-order valence-electron chi connectivity index (χ4n) is 2.37. The van der Waals surface area contributed by atoms with Gasteiger partial charge in [0.05, 0.1) is 24.1 Å². The summed E-state index contributed by atoms with van der Waals surface area (Å²) in [6.45, 7) is 2.50. The number of rotatable bonds is 6. The number of halogens is 1. The van der Waals surface area contributed by atoms with Crippen LogP contribution in [0.15, 0.2) is 67.0 Å². The molecule has 2 N–H and O–H groups in total. The van der Waals surface area contributed by atoms with Gasteiger partial charge < -0.3 is 15.4 Å². The van der Waals surface area contributed by atoms with Gasteiger partial charge in [0.2, 0.25) is 0 Å². The van der Waals surface area contributed by atoms with Crippen LogP contribution in [-0.2, 0) is 0 Å². The van der Waals surface area contributed by atoms with Gasteiger partial charge in [-0.15, -0.1) is 0 Å². The standard InChI is InChI=1S/C20H18FN3O2/c1-2-26-19-8-6-16(7-9-19)24-20(25)14-10-18(13-22-12-14)23-17-5-3-4-15(21)11-17/h3-13,23H,2H2,1H3,(H,24,25). The van der Waals surface area contributed by atoms with Crippen LogP contribution in [0.25, 0.3) is 0 Å². The van der Waals surface area contributed by atoms with Crippen molar-refractivity contribution in [2.24, 2.45) is 0 Å². The lowest BCUT2D eigenvalue weighted by Gasteiger charge is -2.09. The lowest BCUT2D eigenvalue weighted by Crippen LogP contribution is -2.12. The van der Waals surface area contributed by atoms with E-state index in [1.165, 1.54) is 18.3 Å². The van der Waals surface area contributed by atoms with Crippen LogP contribution in [0.1, 0.15) is 17.3 Å². The van der Waals surface area contributed by atoms with Gasteiger partial charge in [0.25, 0.3) is 5.91 Å². The minimum Gasteiger partial charge on any atom is -0.494 e. The zero-order valence-electron chi connectivity index (χ0n) is 14.2. The molecular formula is C20H18FN3O2. The maximum absolute atomic E-state index is 13.3. The van der Waals surface area contributed by atoms with Crippen LogP contribution in [0.2, 0.25) is 0 Å². The molecule has 0 fully saturated rings. The lowest BCUT2D eigenvalue weighted by molar-refractivity contribution is 0.102. The average molecular weight is 351 g/mol. The summed E-state index contributed by atoms with van der Waals surface area (Å²) in [5.41, 5.74) is 2.22. The van der Waals surface area contributed by atoms with Crippen molar-refractivity contribution in [2.45, 2.75) is 6.92 Å². The third-order valence-electron chi connectivity index (χ3n) is 3.54. The smallest absolute Gasteiger partial charge is 0.257 e. The minimum atomic E-state index is -0.340. The molecule has 132 valence electrons. The molecule has 26 heavy (non-hydrogen) atoms. The SMILES string of the molecule is CCOc1ccc(NC(=O)c2cncc(Nc3cccc(F)c3)c2)cc1. The molecule has 3 rings (SSSR count). The average Bonchev–Trinajstić information content (AvgIpc) is 2.64. The Morgan fingerprint density at radius 2 is 1.85 bits per heavy atom. The fourth-order valence-corrected chi connectivity index (χ4v) is 2.37. The Kier molecular flexibility index (Phi) is 5.43. The molecule has 5 nitrogen and oxygen atoms in total. The van der Waals surface area contributed by atoms with Crippen LogP contribution in [0.4, 0.5) is 21.5 Å². The number of nitrogens with one attached hydrogen (secondary N) is 2. The van der Waals surface area contributed by atoms with Crippen LogP contribution in [0.5, 0.6) is 5.75 Å². The van der Waals surface area contributed by atoms with Gasteiger partial charge in [0.1, 0.15) is 11.6 Å². The highest BCUT2D eigenvalue weighted by molar-refractivity contribution is 6.04. The van der Waals surface area contributed by atoms with E-state index in [0.717, 1.165) is 5.75 Å². The van der Waals surface area contributed by atoms with Gasteiger partial charge in [-0.3, -0.25) is 9.78 Å². The van der Waals surface area contributed by atoms with E-state index in [-0.39, 0.29) is 11.7 Å². The first kappa shape index (κ1) is 17.4. The summed E-state index contributed by atoms with van der Waals surface area (Å²) in [7, 11) is 0. The topological polar surface area (TPSA) is 63.2 Å². The molecule has 3 aromatic rings. The van der Waals surface area contributed by atoms with Crippen molar-refractivity contribution in [2.75, 3.05) is 17.2 Å². The van der Waals surface area contributed by atoms with Crippen molar-refractivity contribution in [3.05, 3.63) is 78.4 Å². The summed E-state index contributed by atoms with van der Waals surface area (Å²) in [5, 5.41) is 5.83. The Hall–Kier alpha value is -3.41. The summed E-state index contributed by atoms with van der Waals surface area (Å²) < 4.78 is 18.6. The van der Waals surface area contributed by atoms with E-state index < -0.39 is 0 Å². The summed E-state index contributed by atoms with van der Waals surface area (Å²) in [4.78, 5) is 16.5. The number of hydrogen-bond acceptors (Lipinski definition) is 4. The Balaban J connectivity index is 1.69. The Labute approximate surface area is 150 Å². The maximum atomic E-state index is 13.3. The molecule has 0 radical (unpaired) electrons. The predicted octanol–water partition coefficient (Wildman–Crippen LogP) is 4.62. The summed E-state index contributed by atoms with van der Waals surface area (Å²) in [6.07, 6.45) is 3.04. The van der Waals surface area contributed by atoms with Crippen molar-refractivity contribution in [1.29, 1.82) is 0 Å². The largest absolute Gasteiger partial charge is 0.494 e. The number of anilines is 3.